The van der Waals surface area contributed by atoms with Crippen molar-refractivity contribution in [3.63, 3.8) is 0 Å². The number of anilines is 1. The Kier molecular flexibility index (Phi) is 4.11. The number of nitrogens with zero attached hydrogens (tertiary/aromatic N) is 2. The molecule has 6 nitrogen and oxygen atoms in total. The highest BCUT2D eigenvalue weighted by Crippen LogP contribution is 2.41. The zero-order valence-corrected chi connectivity index (χ0v) is 16.6. The van der Waals surface area contributed by atoms with Gasteiger partial charge in [0.1, 0.15) is 17.2 Å². The van der Waals surface area contributed by atoms with Crippen molar-refractivity contribution in [3.05, 3.63) is 98.5 Å². The van der Waals surface area contributed by atoms with E-state index < -0.39 is 11.9 Å². The van der Waals surface area contributed by atoms with Crippen LogP contribution >= 0.6 is 11.6 Å². The number of rotatable bonds is 2. The number of phenols is 1. The van der Waals surface area contributed by atoms with Gasteiger partial charge >= 0.3 is 0 Å². The summed E-state index contributed by atoms with van der Waals surface area (Å²) in [5.41, 5.74) is 1.62. The largest absolute Gasteiger partial charge is 0.508 e. The maximum Gasteiger partial charge on any atom is 0.296 e. The van der Waals surface area contributed by atoms with Gasteiger partial charge in [-0.05, 0) is 60.5 Å². The number of phenolic OH excluding ortho intramolecular Hbond substituents is 1. The predicted octanol–water partition coefficient (Wildman–Crippen LogP) is 4.61. The highest BCUT2D eigenvalue weighted by molar-refractivity contribution is 6.31. The third-order valence-corrected chi connectivity index (χ3v) is 5.40. The Morgan fingerprint density at radius 3 is 2.70 bits per heavy atom. The maximum atomic E-state index is 13.5. The van der Waals surface area contributed by atoms with Crippen LogP contribution in [0.4, 0.5) is 5.82 Å². The average Bonchev–Trinajstić information content (AvgIpc) is 3.01. The molecule has 0 aliphatic carbocycles. The van der Waals surface area contributed by atoms with Crippen molar-refractivity contribution in [2.75, 3.05) is 4.90 Å². The second kappa shape index (κ2) is 6.71. The fraction of sp³-hybridized carbons (Fsp3) is 0.0870. The van der Waals surface area contributed by atoms with Crippen molar-refractivity contribution in [1.29, 1.82) is 0 Å². The van der Waals surface area contributed by atoms with Crippen molar-refractivity contribution in [2.24, 2.45) is 0 Å². The molecule has 0 radical (unpaired) electrons. The van der Waals surface area contributed by atoms with Gasteiger partial charge in [0.05, 0.1) is 17.0 Å². The Morgan fingerprint density at radius 2 is 1.93 bits per heavy atom. The maximum absolute atomic E-state index is 13.5. The van der Waals surface area contributed by atoms with E-state index in [9.17, 15) is 14.7 Å². The van der Waals surface area contributed by atoms with Crippen LogP contribution in [-0.4, -0.2) is 16.0 Å². The molecule has 148 valence electrons. The zero-order valence-electron chi connectivity index (χ0n) is 15.8. The first-order valence-electron chi connectivity index (χ1n) is 9.25. The summed E-state index contributed by atoms with van der Waals surface area (Å²) in [6.45, 7) is 1.89. The summed E-state index contributed by atoms with van der Waals surface area (Å²) >= 11 is 6.09. The Labute approximate surface area is 176 Å². The van der Waals surface area contributed by atoms with E-state index in [1.807, 2.05) is 13.0 Å². The number of hydrogen-bond donors (Lipinski definition) is 1. The van der Waals surface area contributed by atoms with Crippen molar-refractivity contribution < 1.29 is 14.3 Å². The molecule has 4 aromatic rings. The highest BCUT2D eigenvalue weighted by atomic mass is 35.5. The Balaban J connectivity index is 1.84. The SMILES string of the molecule is Cc1ccnc(N2C(=O)c3oc4ccc(Cl)cc4c(=O)c3C2c2cccc(O)c2)c1. The van der Waals surface area contributed by atoms with Crippen LogP contribution in [0.2, 0.25) is 5.02 Å². The van der Waals surface area contributed by atoms with Crippen molar-refractivity contribution >= 4 is 34.3 Å². The first-order valence-corrected chi connectivity index (χ1v) is 9.63. The fourth-order valence-electron chi connectivity index (χ4n) is 3.84. The Hall–Kier alpha value is -3.64. The molecule has 2 aromatic heterocycles. The summed E-state index contributed by atoms with van der Waals surface area (Å²) in [4.78, 5) is 32.6. The third-order valence-electron chi connectivity index (χ3n) is 5.17. The monoisotopic (exact) mass is 418 g/mol. The topological polar surface area (TPSA) is 83.6 Å². The molecule has 0 saturated heterocycles. The molecule has 30 heavy (non-hydrogen) atoms. The number of aromatic hydroxyl groups is 1. The molecule has 0 saturated carbocycles. The van der Waals surface area contributed by atoms with E-state index in [4.69, 9.17) is 16.0 Å². The van der Waals surface area contributed by atoms with Crippen molar-refractivity contribution in [1.82, 2.24) is 4.98 Å². The molecular formula is C23H15ClN2O4. The van der Waals surface area contributed by atoms with Crippen LogP contribution < -0.4 is 10.3 Å². The van der Waals surface area contributed by atoms with Crippen LogP contribution in [0.1, 0.15) is 33.3 Å². The number of amides is 1. The van der Waals surface area contributed by atoms with E-state index in [2.05, 4.69) is 4.98 Å². The highest BCUT2D eigenvalue weighted by Gasteiger charge is 2.44. The number of carbonyl (C=O) groups excluding carboxylic acids is 1. The van der Waals surface area contributed by atoms with Crippen LogP contribution in [0, 0.1) is 6.92 Å². The lowest BCUT2D eigenvalue weighted by molar-refractivity contribution is 0.0970. The van der Waals surface area contributed by atoms with E-state index in [1.165, 1.54) is 23.1 Å². The summed E-state index contributed by atoms with van der Waals surface area (Å²) in [6, 6.07) is 14.0. The van der Waals surface area contributed by atoms with Crippen LogP contribution in [0.5, 0.6) is 5.75 Å². The quantitative estimate of drug-likeness (QED) is 0.514. The number of aromatic nitrogens is 1. The molecule has 1 aliphatic heterocycles. The van der Waals surface area contributed by atoms with Gasteiger partial charge in [0.25, 0.3) is 5.91 Å². The summed E-state index contributed by atoms with van der Waals surface area (Å²) in [6.07, 6.45) is 1.60. The first-order chi connectivity index (χ1) is 14.4. The van der Waals surface area contributed by atoms with Gasteiger partial charge in [-0.15, -0.1) is 0 Å². The van der Waals surface area contributed by atoms with Gasteiger partial charge in [-0.2, -0.15) is 0 Å². The second-order valence-electron chi connectivity index (χ2n) is 7.18. The number of fused-ring (bicyclic) bond motifs is 2. The van der Waals surface area contributed by atoms with Crippen LogP contribution in [0.25, 0.3) is 11.0 Å². The lowest BCUT2D eigenvalue weighted by Gasteiger charge is -2.24. The van der Waals surface area contributed by atoms with Gasteiger partial charge in [-0.25, -0.2) is 4.98 Å². The second-order valence-corrected chi connectivity index (χ2v) is 7.61. The number of halogens is 1. The van der Waals surface area contributed by atoms with Gasteiger partial charge in [-0.3, -0.25) is 14.5 Å². The minimum atomic E-state index is -0.798. The Bertz CT molecular complexity index is 1400. The molecule has 7 heteroatoms. The number of carbonyl (C=O) groups is 1. The standard InChI is InChI=1S/C23H15ClN2O4/c1-12-7-8-25-18(9-12)26-20(13-3-2-4-15(27)10-13)19-21(28)16-11-14(24)5-6-17(16)30-22(19)23(26)29/h2-11,20,27H,1H3. The van der Waals surface area contributed by atoms with E-state index in [0.29, 0.717) is 21.8 Å². The minimum Gasteiger partial charge on any atom is -0.508 e. The number of benzene rings is 2. The van der Waals surface area contributed by atoms with Gasteiger partial charge in [0, 0.05) is 11.2 Å². The van der Waals surface area contributed by atoms with E-state index in [1.54, 1.807) is 36.5 Å². The van der Waals surface area contributed by atoms with Crippen LogP contribution in [0.15, 0.2) is 70.0 Å². The normalized spacial score (nSPS) is 15.6. The summed E-state index contributed by atoms with van der Waals surface area (Å²) < 4.78 is 5.88. The van der Waals surface area contributed by atoms with Gasteiger partial charge < -0.3 is 9.52 Å². The molecule has 0 bridgehead atoms. The molecule has 0 spiro atoms. The molecule has 1 amide bonds. The number of hydrogen-bond acceptors (Lipinski definition) is 5. The predicted molar refractivity (Wildman–Crippen MR) is 113 cm³/mol. The van der Waals surface area contributed by atoms with Crippen LogP contribution in [-0.2, 0) is 0 Å². The molecule has 2 aromatic carbocycles. The van der Waals surface area contributed by atoms with E-state index >= 15 is 0 Å². The number of pyridine rings is 1. The molecule has 1 N–H and O–H groups in total. The van der Waals surface area contributed by atoms with Crippen molar-refractivity contribution in [2.45, 2.75) is 13.0 Å². The van der Waals surface area contributed by atoms with Gasteiger partial charge in [0.2, 0.25) is 5.76 Å². The van der Waals surface area contributed by atoms with E-state index in [0.717, 1.165) is 5.56 Å². The van der Waals surface area contributed by atoms with Crippen LogP contribution in [0.3, 0.4) is 0 Å². The van der Waals surface area contributed by atoms with Crippen molar-refractivity contribution in [3.8, 4) is 5.75 Å². The molecule has 5 rings (SSSR count). The smallest absolute Gasteiger partial charge is 0.296 e. The third kappa shape index (κ3) is 2.76. The number of aryl methyl sites for hydroxylation is 1. The molecule has 1 atom stereocenters. The van der Waals surface area contributed by atoms with E-state index in [-0.39, 0.29) is 28.1 Å². The molecule has 3 heterocycles. The molecule has 1 unspecified atom stereocenters. The molecular weight excluding hydrogens is 404 g/mol. The lowest BCUT2D eigenvalue weighted by atomic mass is 9.98. The average molecular weight is 419 g/mol. The zero-order chi connectivity index (χ0) is 21.0. The fourth-order valence-corrected chi connectivity index (χ4v) is 4.02. The summed E-state index contributed by atoms with van der Waals surface area (Å²) in [7, 11) is 0. The molecule has 0 fully saturated rings. The summed E-state index contributed by atoms with van der Waals surface area (Å²) in [5.74, 6) is -0.0862. The molecule has 1 aliphatic rings. The van der Waals surface area contributed by atoms with Gasteiger partial charge in [0.15, 0.2) is 5.43 Å². The van der Waals surface area contributed by atoms with Gasteiger partial charge in [-0.1, -0.05) is 23.7 Å². The Morgan fingerprint density at radius 1 is 1.10 bits per heavy atom. The summed E-state index contributed by atoms with van der Waals surface area (Å²) in [5, 5.41) is 10.7. The first kappa shape index (κ1) is 18.4. The lowest BCUT2D eigenvalue weighted by Crippen LogP contribution is -2.30. The minimum absolute atomic E-state index is 0.0266.